The van der Waals surface area contributed by atoms with Crippen LogP contribution in [0.4, 0.5) is 0 Å². The lowest BCUT2D eigenvalue weighted by atomic mass is 10.1. The second-order valence-corrected chi connectivity index (χ2v) is 7.34. The standard InChI is InChI=1S/C18H23N3O2S/c19-12-15-3-1-4-16(11-15)18(22)21-5-2-10-24-14-17(21)13-20-6-8-23-9-7-20/h1,3-4,11,17H,2,5-10,13-14H2/t17-/m0/s1. The maximum atomic E-state index is 13.0. The number of thioether (sulfide) groups is 1. The minimum Gasteiger partial charge on any atom is -0.379 e. The SMILES string of the molecule is N#Cc1cccc(C(=O)N2CCCSC[C@@H]2CN2CCOCC2)c1. The first-order valence-corrected chi connectivity index (χ1v) is 9.62. The molecule has 128 valence electrons. The molecule has 2 aliphatic rings. The van der Waals surface area contributed by atoms with Crippen LogP contribution >= 0.6 is 11.8 Å². The molecule has 24 heavy (non-hydrogen) atoms. The number of carbonyl (C=O) groups excluding carboxylic acids is 1. The molecule has 0 N–H and O–H groups in total. The molecule has 0 aromatic heterocycles. The van der Waals surface area contributed by atoms with Gasteiger partial charge in [-0.2, -0.15) is 17.0 Å². The Morgan fingerprint density at radius 1 is 1.33 bits per heavy atom. The molecule has 0 bridgehead atoms. The zero-order valence-corrected chi connectivity index (χ0v) is 14.6. The van der Waals surface area contributed by atoms with Crippen molar-refractivity contribution < 1.29 is 9.53 Å². The zero-order chi connectivity index (χ0) is 16.8. The summed E-state index contributed by atoms with van der Waals surface area (Å²) in [6.07, 6.45) is 1.02. The van der Waals surface area contributed by atoms with Gasteiger partial charge in [-0.15, -0.1) is 0 Å². The van der Waals surface area contributed by atoms with E-state index < -0.39 is 0 Å². The summed E-state index contributed by atoms with van der Waals surface area (Å²) in [5.41, 5.74) is 1.16. The number of ether oxygens (including phenoxy) is 1. The number of hydrogen-bond acceptors (Lipinski definition) is 5. The van der Waals surface area contributed by atoms with Gasteiger partial charge in [-0.05, 0) is 30.4 Å². The van der Waals surface area contributed by atoms with Crippen molar-refractivity contribution in [1.82, 2.24) is 9.80 Å². The minimum atomic E-state index is 0.0489. The molecule has 1 aromatic carbocycles. The second-order valence-electron chi connectivity index (χ2n) is 6.19. The third-order valence-electron chi connectivity index (χ3n) is 4.51. The predicted molar refractivity (Wildman–Crippen MR) is 95.2 cm³/mol. The number of rotatable bonds is 3. The van der Waals surface area contributed by atoms with Crippen LogP contribution in [0.15, 0.2) is 24.3 Å². The Morgan fingerprint density at radius 2 is 2.17 bits per heavy atom. The summed E-state index contributed by atoms with van der Waals surface area (Å²) in [4.78, 5) is 17.5. The summed E-state index contributed by atoms with van der Waals surface area (Å²) in [5, 5.41) is 9.07. The molecule has 0 spiro atoms. The number of benzene rings is 1. The smallest absolute Gasteiger partial charge is 0.254 e. The van der Waals surface area contributed by atoms with Crippen molar-refractivity contribution in [3.8, 4) is 6.07 Å². The summed E-state index contributed by atoms with van der Waals surface area (Å²) in [6.45, 7) is 5.12. The molecule has 0 aliphatic carbocycles. The van der Waals surface area contributed by atoms with E-state index in [9.17, 15) is 4.79 Å². The second kappa shape index (κ2) is 8.52. The van der Waals surface area contributed by atoms with Crippen LogP contribution in [0.5, 0.6) is 0 Å². The molecular weight excluding hydrogens is 322 g/mol. The van der Waals surface area contributed by atoms with Crippen LogP contribution in [-0.4, -0.2) is 72.6 Å². The number of hydrogen-bond donors (Lipinski definition) is 0. The van der Waals surface area contributed by atoms with Crippen molar-refractivity contribution in [3.05, 3.63) is 35.4 Å². The van der Waals surface area contributed by atoms with Crippen LogP contribution in [-0.2, 0) is 4.74 Å². The van der Waals surface area contributed by atoms with Crippen LogP contribution in [0.1, 0.15) is 22.3 Å². The molecule has 5 nitrogen and oxygen atoms in total. The minimum absolute atomic E-state index is 0.0489. The van der Waals surface area contributed by atoms with E-state index >= 15 is 0 Å². The first-order valence-electron chi connectivity index (χ1n) is 8.47. The Bertz CT molecular complexity index is 611. The summed E-state index contributed by atoms with van der Waals surface area (Å²) in [5.74, 6) is 2.12. The molecule has 2 saturated heterocycles. The van der Waals surface area contributed by atoms with Crippen LogP contribution in [0.3, 0.4) is 0 Å². The summed E-state index contributed by atoms with van der Waals surface area (Å²) >= 11 is 1.93. The average Bonchev–Trinajstić information content (AvgIpc) is 2.87. The van der Waals surface area contributed by atoms with E-state index in [0.717, 1.165) is 57.3 Å². The highest BCUT2D eigenvalue weighted by atomic mass is 32.2. The third kappa shape index (κ3) is 4.29. The van der Waals surface area contributed by atoms with E-state index in [4.69, 9.17) is 10.00 Å². The lowest BCUT2D eigenvalue weighted by Crippen LogP contribution is -2.50. The van der Waals surface area contributed by atoms with Gasteiger partial charge in [0.25, 0.3) is 5.91 Å². The van der Waals surface area contributed by atoms with Gasteiger partial charge < -0.3 is 9.64 Å². The topological polar surface area (TPSA) is 56.6 Å². The number of nitriles is 1. The highest BCUT2D eigenvalue weighted by molar-refractivity contribution is 7.99. The summed E-state index contributed by atoms with van der Waals surface area (Å²) < 4.78 is 5.42. The summed E-state index contributed by atoms with van der Waals surface area (Å²) in [6, 6.07) is 9.37. The normalized spacial score (nSPS) is 22.6. The third-order valence-corrected chi connectivity index (χ3v) is 5.71. The van der Waals surface area contributed by atoms with Gasteiger partial charge in [0, 0.05) is 37.5 Å². The fourth-order valence-corrected chi connectivity index (χ4v) is 4.27. The lowest BCUT2D eigenvalue weighted by Gasteiger charge is -2.35. The van der Waals surface area contributed by atoms with Gasteiger partial charge in [0.05, 0.1) is 30.9 Å². The number of amides is 1. The van der Waals surface area contributed by atoms with Crippen molar-refractivity contribution in [2.24, 2.45) is 0 Å². The Balaban J connectivity index is 1.75. The fourth-order valence-electron chi connectivity index (χ4n) is 3.22. The molecule has 1 atom stereocenters. The van der Waals surface area contributed by atoms with Crippen molar-refractivity contribution in [3.63, 3.8) is 0 Å². The van der Waals surface area contributed by atoms with Crippen LogP contribution in [0.25, 0.3) is 0 Å². The quantitative estimate of drug-likeness (QED) is 0.837. The molecular formula is C18H23N3O2S. The van der Waals surface area contributed by atoms with Crippen molar-refractivity contribution >= 4 is 17.7 Å². The predicted octanol–water partition coefficient (Wildman–Crippen LogP) is 1.84. The summed E-state index contributed by atoms with van der Waals surface area (Å²) in [7, 11) is 0. The van der Waals surface area contributed by atoms with E-state index in [1.807, 2.05) is 22.7 Å². The fraction of sp³-hybridized carbons (Fsp3) is 0.556. The van der Waals surface area contributed by atoms with Crippen LogP contribution in [0, 0.1) is 11.3 Å². The monoisotopic (exact) mass is 345 g/mol. The molecule has 0 radical (unpaired) electrons. The van der Waals surface area contributed by atoms with Crippen molar-refractivity contribution in [2.45, 2.75) is 12.5 Å². The largest absolute Gasteiger partial charge is 0.379 e. The van der Waals surface area contributed by atoms with Crippen molar-refractivity contribution in [2.75, 3.05) is 50.9 Å². The average molecular weight is 345 g/mol. The highest BCUT2D eigenvalue weighted by Crippen LogP contribution is 2.20. The first kappa shape index (κ1) is 17.3. The molecule has 2 heterocycles. The molecule has 2 fully saturated rings. The van der Waals surface area contributed by atoms with E-state index in [2.05, 4.69) is 11.0 Å². The Labute approximate surface area is 147 Å². The lowest BCUT2D eigenvalue weighted by molar-refractivity contribution is 0.0245. The Morgan fingerprint density at radius 3 is 2.96 bits per heavy atom. The van der Waals surface area contributed by atoms with Gasteiger partial charge in [0.1, 0.15) is 0 Å². The zero-order valence-electron chi connectivity index (χ0n) is 13.8. The van der Waals surface area contributed by atoms with E-state index in [1.54, 1.807) is 18.2 Å². The number of carbonyl (C=O) groups is 1. The number of morpholine rings is 1. The molecule has 0 unspecified atom stereocenters. The van der Waals surface area contributed by atoms with Gasteiger partial charge >= 0.3 is 0 Å². The molecule has 1 amide bonds. The van der Waals surface area contributed by atoms with Gasteiger partial charge in [0.15, 0.2) is 0 Å². The van der Waals surface area contributed by atoms with Crippen LogP contribution in [0.2, 0.25) is 0 Å². The number of nitrogens with zero attached hydrogens (tertiary/aromatic N) is 3. The molecule has 6 heteroatoms. The van der Waals surface area contributed by atoms with E-state index in [1.165, 1.54) is 0 Å². The molecule has 1 aromatic rings. The Kier molecular flexibility index (Phi) is 6.13. The first-order chi connectivity index (χ1) is 11.8. The van der Waals surface area contributed by atoms with E-state index in [-0.39, 0.29) is 11.9 Å². The van der Waals surface area contributed by atoms with Gasteiger partial charge in [0.2, 0.25) is 0 Å². The molecule has 0 saturated carbocycles. The molecule has 2 aliphatic heterocycles. The highest BCUT2D eigenvalue weighted by Gasteiger charge is 2.28. The Hall–Kier alpha value is -1.55. The molecule has 3 rings (SSSR count). The maximum Gasteiger partial charge on any atom is 0.254 e. The maximum absolute atomic E-state index is 13.0. The van der Waals surface area contributed by atoms with Gasteiger partial charge in [-0.25, -0.2) is 0 Å². The van der Waals surface area contributed by atoms with Crippen molar-refractivity contribution in [1.29, 1.82) is 5.26 Å². The van der Waals surface area contributed by atoms with Gasteiger partial charge in [-0.1, -0.05) is 6.07 Å². The van der Waals surface area contributed by atoms with E-state index in [0.29, 0.717) is 11.1 Å². The van der Waals surface area contributed by atoms with Gasteiger partial charge in [-0.3, -0.25) is 9.69 Å². The van der Waals surface area contributed by atoms with Crippen LogP contribution < -0.4 is 0 Å².